The second-order valence-corrected chi connectivity index (χ2v) is 5.52. The van der Waals surface area contributed by atoms with Crippen molar-refractivity contribution in [2.24, 2.45) is 16.7 Å². The standard InChI is InChI=1S/C9H13B/c1-7-2-9-4-8(1,9)5-10(3-7)6-9/h7H,1-6H2/t7?,8-,9+. The van der Waals surface area contributed by atoms with Gasteiger partial charge in [-0.15, -0.1) is 0 Å². The smallest absolute Gasteiger partial charge is 0.0712 e. The molecule has 0 nitrogen and oxygen atoms in total. The quantitative estimate of drug-likeness (QED) is 0.443. The summed E-state index contributed by atoms with van der Waals surface area (Å²) in [5, 5.41) is 0. The predicted octanol–water partition coefficient (Wildman–Crippen LogP) is 2.29. The van der Waals surface area contributed by atoms with Gasteiger partial charge in [-0.25, -0.2) is 0 Å². The fourth-order valence-electron chi connectivity index (χ4n) is 5.08. The van der Waals surface area contributed by atoms with Crippen LogP contribution in [0.3, 0.4) is 0 Å². The lowest BCUT2D eigenvalue weighted by Crippen LogP contribution is -2.26. The van der Waals surface area contributed by atoms with Gasteiger partial charge in [0, 0.05) is 0 Å². The van der Waals surface area contributed by atoms with Crippen LogP contribution in [0.15, 0.2) is 0 Å². The van der Waals surface area contributed by atoms with E-state index < -0.39 is 0 Å². The Bertz CT molecular complexity index is 187. The molecular weight excluding hydrogens is 119 g/mol. The first kappa shape index (κ1) is 4.85. The van der Waals surface area contributed by atoms with Crippen molar-refractivity contribution in [3.05, 3.63) is 0 Å². The molecular formula is C9H13B. The summed E-state index contributed by atoms with van der Waals surface area (Å²) < 4.78 is 0. The fourth-order valence-corrected chi connectivity index (χ4v) is 5.08. The summed E-state index contributed by atoms with van der Waals surface area (Å²) in [6, 6.07) is 0. The highest BCUT2D eigenvalue weighted by atomic mass is 14.8. The Kier molecular flexibility index (Phi) is 0.493. The second kappa shape index (κ2) is 1.02. The average Bonchev–Trinajstić information content (AvgIpc) is 2.18. The summed E-state index contributed by atoms with van der Waals surface area (Å²) in [6.07, 6.45) is 9.83. The minimum Gasteiger partial charge on any atom is -0.0712 e. The first-order valence-corrected chi connectivity index (χ1v) is 4.82. The highest BCUT2D eigenvalue weighted by Crippen LogP contribution is 2.86. The Morgan fingerprint density at radius 2 is 1.80 bits per heavy atom. The Balaban J connectivity index is 1.96. The van der Waals surface area contributed by atoms with Crippen LogP contribution in [0.1, 0.15) is 19.3 Å². The van der Waals surface area contributed by atoms with E-state index in [1.165, 1.54) is 12.6 Å². The third kappa shape index (κ3) is 0.293. The molecule has 3 aliphatic heterocycles. The van der Waals surface area contributed by atoms with E-state index in [1.807, 2.05) is 0 Å². The van der Waals surface area contributed by atoms with E-state index in [0.717, 1.165) is 10.8 Å². The van der Waals surface area contributed by atoms with Gasteiger partial charge in [0.05, 0.1) is 0 Å². The summed E-state index contributed by atoms with van der Waals surface area (Å²) in [4.78, 5) is 0. The van der Waals surface area contributed by atoms with Gasteiger partial charge in [0.15, 0.2) is 0 Å². The molecule has 0 aromatic heterocycles. The molecule has 0 N–H and O–H groups in total. The van der Waals surface area contributed by atoms with Crippen molar-refractivity contribution >= 4 is 6.71 Å². The maximum atomic E-state index is 1.65. The largest absolute Gasteiger partial charge is 0.141 e. The van der Waals surface area contributed by atoms with E-state index in [-0.39, 0.29) is 0 Å². The molecule has 3 saturated heterocycles. The van der Waals surface area contributed by atoms with Crippen LogP contribution in [0.4, 0.5) is 0 Å². The monoisotopic (exact) mass is 132 g/mol. The van der Waals surface area contributed by atoms with E-state index in [0.29, 0.717) is 0 Å². The molecule has 0 amide bonds. The minimum atomic E-state index is 0.973. The van der Waals surface area contributed by atoms with Crippen LogP contribution in [0.25, 0.3) is 0 Å². The van der Waals surface area contributed by atoms with Gasteiger partial charge in [-0.3, -0.25) is 0 Å². The molecule has 0 aromatic carbocycles. The molecule has 52 valence electrons. The topological polar surface area (TPSA) is 0 Å². The van der Waals surface area contributed by atoms with Gasteiger partial charge in [-0.05, 0) is 36.0 Å². The summed E-state index contributed by atoms with van der Waals surface area (Å²) in [5.74, 6) is 1.20. The summed E-state index contributed by atoms with van der Waals surface area (Å²) in [7, 11) is 0. The summed E-state index contributed by atoms with van der Waals surface area (Å²) in [6.45, 7) is 1.20. The molecule has 5 fully saturated rings. The molecule has 2 spiro atoms. The molecule has 3 heterocycles. The molecule has 1 heteroatoms. The van der Waals surface area contributed by atoms with E-state index in [9.17, 15) is 0 Å². The highest BCUT2D eigenvalue weighted by molar-refractivity contribution is 6.61. The van der Waals surface area contributed by atoms with Crippen molar-refractivity contribution < 1.29 is 0 Å². The van der Waals surface area contributed by atoms with Crippen LogP contribution in [0, 0.1) is 16.7 Å². The second-order valence-electron chi connectivity index (χ2n) is 5.52. The van der Waals surface area contributed by atoms with Crippen LogP contribution in [-0.4, -0.2) is 6.71 Å². The van der Waals surface area contributed by atoms with Gasteiger partial charge < -0.3 is 0 Å². The number of hydrogen-bond acceptors (Lipinski definition) is 0. The molecule has 3 atom stereocenters. The Morgan fingerprint density at radius 1 is 1.10 bits per heavy atom. The molecule has 1 unspecified atom stereocenters. The normalized spacial score (nSPS) is 67.2. The lowest BCUT2D eigenvalue weighted by Gasteiger charge is -2.29. The molecule has 10 heavy (non-hydrogen) atoms. The zero-order valence-electron chi connectivity index (χ0n) is 6.40. The van der Waals surface area contributed by atoms with E-state index in [1.54, 1.807) is 38.2 Å². The maximum absolute atomic E-state index is 1.65. The maximum Gasteiger partial charge on any atom is 0.141 e. The van der Waals surface area contributed by atoms with Gasteiger partial charge in [-0.2, -0.15) is 0 Å². The van der Waals surface area contributed by atoms with Crippen LogP contribution in [-0.2, 0) is 0 Å². The molecule has 0 radical (unpaired) electrons. The molecule has 0 aromatic rings. The predicted molar refractivity (Wildman–Crippen MR) is 42.4 cm³/mol. The number of rotatable bonds is 0. The zero-order chi connectivity index (χ0) is 6.40. The molecule has 2 aliphatic carbocycles. The highest BCUT2D eigenvalue weighted by Gasteiger charge is 2.78. The van der Waals surface area contributed by atoms with Crippen LogP contribution in [0.5, 0.6) is 0 Å². The van der Waals surface area contributed by atoms with Gasteiger partial charge in [0.25, 0.3) is 0 Å². The van der Waals surface area contributed by atoms with Crippen LogP contribution in [0.2, 0.25) is 19.0 Å². The van der Waals surface area contributed by atoms with E-state index in [4.69, 9.17) is 0 Å². The van der Waals surface area contributed by atoms with Crippen molar-refractivity contribution in [1.29, 1.82) is 0 Å². The third-order valence-corrected chi connectivity index (χ3v) is 5.06. The SMILES string of the molecule is C1B2C[C@@]34CC1C[C@]3(C2)C4. The van der Waals surface area contributed by atoms with E-state index in [2.05, 4.69) is 0 Å². The number of hydrogen-bond donors (Lipinski definition) is 0. The Labute approximate surface area is 62.5 Å². The summed E-state index contributed by atoms with van der Waals surface area (Å²) >= 11 is 0. The minimum absolute atomic E-state index is 0.973. The van der Waals surface area contributed by atoms with Crippen molar-refractivity contribution in [3.63, 3.8) is 0 Å². The van der Waals surface area contributed by atoms with Crippen LogP contribution >= 0.6 is 0 Å². The molecule has 2 saturated carbocycles. The van der Waals surface area contributed by atoms with Crippen LogP contribution < -0.4 is 0 Å². The van der Waals surface area contributed by atoms with Crippen molar-refractivity contribution in [1.82, 2.24) is 0 Å². The van der Waals surface area contributed by atoms with Crippen molar-refractivity contribution in [2.45, 2.75) is 38.2 Å². The van der Waals surface area contributed by atoms with E-state index >= 15 is 0 Å². The van der Waals surface area contributed by atoms with Gasteiger partial charge in [0.2, 0.25) is 0 Å². The first-order chi connectivity index (χ1) is 4.82. The fraction of sp³-hybridized carbons (Fsp3) is 1.00. The first-order valence-electron chi connectivity index (χ1n) is 4.82. The van der Waals surface area contributed by atoms with Gasteiger partial charge in [0.1, 0.15) is 6.71 Å². The lowest BCUT2D eigenvalue weighted by atomic mass is 9.36. The van der Waals surface area contributed by atoms with Gasteiger partial charge >= 0.3 is 0 Å². The third-order valence-electron chi connectivity index (χ3n) is 5.06. The zero-order valence-corrected chi connectivity index (χ0v) is 6.40. The molecule has 5 rings (SSSR count). The lowest BCUT2D eigenvalue weighted by molar-refractivity contribution is 0.429. The Hall–Kier alpha value is 0.0649. The van der Waals surface area contributed by atoms with Crippen molar-refractivity contribution in [2.75, 3.05) is 0 Å². The van der Waals surface area contributed by atoms with Gasteiger partial charge in [-0.1, -0.05) is 19.0 Å². The van der Waals surface area contributed by atoms with Crippen molar-refractivity contribution in [3.8, 4) is 0 Å². The Morgan fingerprint density at radius 3 is 2.30 bits per heavy atom. The molecule has 5 aliphatic rings. The average molecular weight is 132 g/mol. The molecule has 4 bridgehead atoms. The summed E-state index contributed by atoms with van der Waals surface area (Å²) in [5.41, 5.74) is 1.95.